The first kappa shape index (κ1) is 27.5. The van der Waals surface area contributed by atoms with Crippen molar-refractivity contribution in [2.24, 2.45) is 0 Å². The van der Waals surface area contributed by atoms with Crippen molar-refractivity contribution in [2.75, 3.05) is 0 Å². The molecule has 1 aromatic carbocycles. The van der Waals surface area contributed by atoms with E-state index in [9.17, 15) is 0 Å². The van der Waals surface area contributed by atoms with Gasteiger partial charge in [-0.1, -0.05) is 13.0 Å². The number of halogens is 2. The van der Waals surface area contributed by atoms with E-state index in [1.165, 1.54) is 18.4 Å². The summed E-state index contributed by atoms with van der Waals surface area (Å²) in [6, 6.07) is 5.51. The molecule has 0 aromatic heterocycles. The van der Waals surface area contributed by atoms with Crippen LogP contribution in [0.1, 0.15) is 51.2 Å². The van der Waals surface area contributed by atoms with E-state index in [4.69, 9.17) is 5.11 Å². The van der Waals surface area contributed by atoms with E-state index in [1.54, 1.807) is 15.9 Å². The van der Waals surface area contributed by atoms with Crippen molar-refractivity contribution in [1.29, 1.82) is 0 Å². The Bertz CT molecular complexity index is 449. The summed E-state index contributed by atoms with van der Waals surface area (Å²) in [6.45, 7) is 10.4. The van der Waals surface area contributed by atoms with E-state index >= 15 is 0 Å². The van der Waals surface area contributed by atoms with Gasteiger partial charge in [0.1, 0.15) is 5.75 Å². The van der Waals surface area contributed by atoms with Crippen LogP contribution in [0.3, 0.4) is 0 Å². The zero-order valence-electron chi connectivity index (χ0n) is 14.8. The van der Waals surface area contributed by atoms with Crippen molar-refractivity contribution in [3.63, 3.8) is 0 Å². The number of hydrogen-bond donors (Lipinski definition) is 1. The van der Waals surface area contributed by atoms with Gasteiger partial charge in [0.2, 0.25) is 0 Å². The molecule has 0 atom stereocenters. The van der Waals surface area contributed by atoms with Gasteiger partial charge in [0, 0.05) is 0 Å². The molecule has 0 amide bonds. The Morgan fingerprint density at radius 2 is 1.52 bits per heavy atom. The number of benzene rings is 1. The van der Waals surface area contributed by atoms with Gasteiger partial charge < -0.3 is 5.11 Å². The van der Waals surface area contributed by atoms with Crippen LogP contribution in [0.2, 0.25) is 0 Å². The van der Waals surface area contributed by atoms with E-state index < -0.39 is 0 Å². The first-order chi connectivity index (χ1) is 9.88. The second kappa shape index (κ2) is 16.5. The molecule has 0 saturated heterocycles. The van der Waals surface area contributed by atoms with Crippen LogP contribution >= 0.6 is 24.8 Å². The van der Waals surface area contributed by atoms with E-state index in [1.807, 2.05) is 19.9 Å². The van der Waals surface area contributed by atoms with Crippen LogP contribution in [0.25, 0.3) is 0 Å². The molecule has 0 saturated carbocycles. The van der Waals surface area contributed by atoms with Gasteiger partial charge >= 0.3 is 50.5 Å². The summed E-state index contributed by atoms with van der Waals surface area (Å²) in [5, 5.41) is 8.99. The number of hydrogen-bond acceptors (Lipinski definition) is 1. The van der Waals surface area contributed by atoms with E-state index in [0.717, 1.165) is 17.5 Å². The molecule has 4 heteroatoms. The predicted molar refractivity (Wildman–Crippen MR) is 104 cm³/mol. The van der Waals surface area contributed by atoms with Crippen LogP contribution in [0, 0.1) is 19.9 Å². The third-order valence-electron chi connectivity index (χ3n) is 2.93. The summed E-state index contributed by atoms with van der Waals surface area (Å²) in [6.07, 6.45) is 10.8. The number of phenolic OH excluding ortho intramolecular Hbond substituents is 1. The average Bonchev–Trinajstić information content (AvgIpc) is 2.88. The normalized spacial score (nSPS) is 10.8. The van der Waals surface area contributed by atoms with Gasteiger partial charge in [-0.3, -0.25) is 6.08 Å². The smallest absolute Gasteiger partial charge is 0.116 e. The monoisotopic (exact) mass is 391 g/mol. The molecule has 0 unspecified atom stereocenters. The second-order valence-electron chi connectivity index (χ2n) is 5.12. The van der Waals surface area contributed by atoms with Crippen molar-refractivity contribution in [2.45, 2.75) is 53.9 Å². The fourth-order valence-corrected chi connectivity index (χ4v) is 1.72. The summed E-state index contributed by atoms with van der Waals surface area (Å²) in [5.41, 5.74) is 3.48. The minimum absolute atomic E-state index is 0. The maximum atomic E-state index is 8.99. The van der Waals surface area contributed by atoms with Crippen LogP contribution in [0.15, 0.2) is 35.9 Å². The van der Waals surface area contributed by atoms with Gasteiger partial charge in [-0.25, -0.2) is 11.6 Å². The molecule has 1 N–H and O–H groups in total. The number of phenols is 1. The van der Waals surface area contributed by atoms with Crippen LogP contribution in [0.4, 0.5) is 0 Å². The van der Waals surface area contributed by atoms with E-state index in [0.29, 0.717) is 5.75 Å². The molecule has 0 fully saturated rings. The molecule has 0 bridgehead atoms. The first-order valence-corrected chi connectivity index (χ1v) is 8.24. The molecule has 23 heavy (non-hydrogen) atoms. The maximum Gasteiger partial charge on any atom is 0.116 e. The Labute approximate surface area is 166 Å². The Morgan fingerprint density at radius 3 is 1.70 bits per heavy atom. The number of rotatable bonds is 2. The third-order valence-corrected chi connectivity index (χ3v) is 4.03. The van der Waals surface area contributed by atoms with E-state index in [2.05, 4.69) is 59.0 Å². The third kappa shape index (κ3) is 16.3. The molecule has 1 aromatic rings. The fraction of sp³-hybridized carbons (Fsp3) is 0.421. The zero-order valence-corrected chi connectivity index (χ0v) is 18.0. The van der Waals surface area contributed by atoms with Crippen LogP contribution in [-0.2, 0) is 20.0 Å². The fourth-order valence-electron chi connectivity index (χ4n) is 1.72. The van der Waals surface area contributed by atoms with Crippen LogP contribution in [0.5, 0.6) is 5.75 Å². The molecule has 0 aliphatic heterocycles. The molecule has 0 heterocycles. The second-order valence-corrected chi connectivity index (χ2v) is 6.23. The summed E-state index contributed by atoms with van der Waals surface area (Å²) in [5.74, 6) is 0.354. The summed E-state index contributed by atoms with van der Waals surface area (Å²) < 4.78 is 1.59. The van der Waals surface area contributed by atoms with Crippen molar-refractivity contribution in [1.82, 2.24) is 0 Å². The molecular formula is C19H29Cl2OTi. The van der Waals surface area contributed by atoms with Gasteiger partial charge in [-0.15, -0.1) is 31.2 Å². The maximum absolute atomic E-state index is 8.99. The van der Waals surface area contributed by atoms with Gasteiger partial charge in [-0.05, 0) is 37.1 Å². The summed E-state index contributed by atoms with van der Waals surface area (Å²) in [4.78, 5) is 0. The molecule has 1 nitrogen and oxygen atoms in total. The molecule has 0 spiro atoms. The number of allylic oxidation sites excluding steroid dienone is 4. The molecule has 2 rings (SSSR count). The van der Waals surface area contributed by atoms with Crippen molar-refractivity contribution in [3.8, 4) is 5.75 Å². The number of aryl methyl sites for hydroxylation is 2. The van der Waals surface area contributed by atoms with Crippen molar-refractivity contribution < 1.29 is 25.1 Å². The summed E-state index contributed by atoms with van der Waals surface area (Å²) >= 11 is 2.19. The Kier molecular flexibility index (Phi) is 19.8. The van der Waals surface area contributed by atoms with Gasteiger partial charge in [0.25, 0.3) is 0 Å². The minimum Gasteiger partial charge on any atom is -0.508 e. The summed E-state index contributed by atoms with van der Waals surface area (Å²) in [7, 11) is 0. The van der Waals surface area contributed by atoms with Gasteiger partial charge in [0.15, 0.2) is 0 Å². The topological polar surface area (TPSA) is 20.2 Å². The Morgan fingerprint density at radius 1 is 1.04 bits per heavy atom. The average molecular weight is 392 g/mol. The van der Waals surface area contributed by atoms with Crippen LogP contribution < -0.4 is 0 Å². The standard InChI is InChI=1S/C8H10O.C6H7.C5H10.2ClH.Ti/c1-6-3-7(2)5-8(9)4-6;1-6-4-2-3-5-6;1-3-5-4-2;;;/h3-5,9H,1-2H3;2,4H,3H2,1H3;3-4H2,1-2H3;2*1H;/q;-1;;;;+1. The number of aromatic hydroxyl groups is 1. The quantitative estimate of drug-likeness (QED) is 0.478. The Balaban J connectivity index is -0.000000258. The van der Waals surface area contributed by atoms with Crippen LogP contribution in [-0.4, -0.2) is 8.92 Å². The first-order valence-electron chi connectivity index (χ1n) is 7.46. The molecule has 0 radical (unpaired) electrons. The van der Waals surface area contributed by atoms with Gasteiger partial charge in [-0.2, -0.15) is 6.08 Å². The molecule has 1 aliphatic carbocycles. The minimum atomic E-state index is 0. The predicted octanol–water partition coefficient (Wildman–Crippen LogP) is 6.07. The molecular weight excluding hydrogens is 363 g/mol. The Hall–Kier alpha value is -0.336. The van der Waals surface area contributed by atoms with Gasteiger partial charge in [0.05, 0.1) is 0 Å². The molecule has 129 valence electrons. The molecule has 1 aliphatic rings. The SMILES string of the molecule is CC1=[C-]CC=C1.CC[C](=[Ti+])CC.Cc1cc(C)cc(O)c1.Cl.Cl. The van der Waals surface area contributed by atoms with Crippen molar-refractivity contribution >= 4 is 28.6 Å². The zero-order chi connectivity index (χ0) is 16.3. The van der Waals surface area contributed by atoms with Crippen molar-refractivity contribution in [3.05, 3.63) is 53.1 Å². The largest absolute Gasteiger partial charge is 0.508 e. The van der Waals surface area contributed by atoms with E-state index in [-0.39, 0.29) is 24.8 Å².